The van der Waals surface area contributed by atoms with E-state index in [0.29, 0.717) is 23.7 Å². The Morgan fingerprint density at radius 2 is 1.58 bits per heavy atom. The fourth-order valence-electron chi connectivity index (χ4n) is 3.09. The molecule has 3 atom stereocenters. The predicted octanol–water partition coefficient (Wildman–Crippen LogP) is 3.13. The molecule has 12 heteroatoms. The SMILES string of the molecule is CC(CNc1nc(Cl)nc(Nc2ccccc2)n1)NC1NC(Cl)=NC(Nc2ccccc2)N1. The molecular formula is C21H24Cl2N10. The lowest BCUT2D eigenvalue weighted by atomic mass is 10.3. The molecule has 0 amide bonds. The first kappa shape index (κ1) is 23.0. The number of hydrogen-bond donors (Lipinski definition) is 6. The second kappa shape index (κ2) is 11.1. The van der Waals surface area contributed by atoms with Gasteiger partial charge in [-0.15, -0.1) is 0 Å². The minimum Gasteiger partial charge on any atom is -0.352 e. The molecule has 3 unspecified atom stereocenters. The molecule has 0 aliphatic carbocycles. The van der Waals surface area contributed by atoms with Crippen LogP contribution in [0, 0.1) is 0 Å². The van der Waals surface area contributed by atoms with Crippen LogP contribution in [0.3, 0.4) is 0 Å². The van der Waals surface area contributed by atoms with Crippen LogP contribution >= 0.6 is 23.2 Å². The molecule has 2 heterocycles. The summed E-state index contributed by atoms with van der Waals surface area (Å²) < 4.78 is 0. The fourth-order valence-corrected chi connectivity index (χ4v) is 3.45. The van der Waals surface area contributed by atoms with E-state index < -0.39 is 0 Å². The van der Waals surface area contributed by atoms with Crippen LogP contribution in [0.15, 0.2) is 65.7 Å². The average Bonchev–Trinajstić information content (AvgIpc) is 2.78. The molecule has 1 aromatic heterocycles. The minimum absolute atomic E-state index is 0.0102. The molecule has 6 N–H and O–H groups in total. The van der Waals surface area contributed by atoms with Crippen LogP contribution in [0.25, 0.3) is 0 Å². The van der Waals surface area contributed by atoms with E-state index in [2.05, 4.69) is 51.8 Å². The summed E-state index contributed by atoms with van der Waals surface area (Å²) in [7, 11) is 0. The van der Waals surface area contributed by atoms with E-state index in [1.54, 1.807) is 0 Å². The molecule has 0 saturated heterocycles. The summed E-state index contributed by atoms with van der Waals surface area (Å²) in [6.07, 6.45) is -0.682. The average molecular weight is 487 g/mol. The molecule has 1 aliphatic heterocycles. The van der Waals surface area contributed by atoms with Crippen LogP contribution in [0.2, 0.25) is 5.28 Å². The first-order chi connectivity index (χ1) is 16.0. The number of benzene rings is 2. The Balaban J connectivity index is 1.30. The Labute approximate surface area is 201 Å². The van der Waals surface area contributed by atoms with Crippen LogP contribution in [0.1, 0.15) is 6.92 Å². The molecule has 172 valence electrons. The maximum Gasteiger partial charge on any atom is 0.233 e. The Bertz CT molecular complexity index is 1070. The van der Waals surface area contributed by atoms with E-state index in [1.165, 1.54) is 0 Å². The third kappa shape index (κ3) is 7.16. The predicted molar refractivity (Wildman–Crippen MR) is 133 cm³/mol. The molecule has 0 fully saturated rings. The molecule has 33 heavy (non-hydrogen) atoms. The quantitative estimate of drug-likeness (QED) is 0.253. The lowest BCUT2D eigenvalue weighted by molar-refractivity contribution is 0.329. The summed E-state index contributed by atoms with van der Waals surface area (Å²) in [5.41, 5.74) is 1.79. The lowest BCUT2D eigenvalue weighted by Crippen LogP contribution is -2.63. The van der Waals surface area contributed by atoms with Crippen molar-refractivity contribution in [1.29, 1.82) is 0 Å². The summed E-state index contributed by atoms with van der Waals surface area (Å²) in [4.78, 5) is 17.0. The summed E-state index contributed by atoms with van der Waals surface area (Å²) in [5.74, 6) is 0.729. The van der Waals surface area contributed by atoms with Crippen LogP contribution in [0.5, 0.6) is 0 Å². The van der Waals surface area contributed by atoms with Crippen molar-refractivity contribution in [3.8, 4) is 0 Å². The van der Waals surface area contributed by atoms with Gasteiger partial charge in [-0.25, -0.2) is 10.3 Å². The van der Waals surface area contributed by atoms with Crippen molar-refractivity contribution in [2.75, 3.05) is 22.5 Å². The number of amidine groups is 1. The zero-order valence-electron chi connectivity index (χ0n) is 17.8. The first-order valence-electron chi connectivity index (χ1n) is 10.3. The summed E-state index contributed by atoms with van der Waals surface area (Å²) in [6, 6.07) is 19.4. The number of nitrogens with one attached hydrogen (secondary N) is 6. The topological polar surface area (TPSA) is 123 Å². The van der Waals surface area contributed by atoms with Gasteiger partial charge >= 0.3 is 0 Å². The standard InChI is InChI=1S/C21H24Cl2N10/c1-13(25-19-29-17(23)31-21(33-19)27-15-10-6-3-7-11-15)12-24-18-28-16(22)30-20(32-18)26-14-8-4-2-5-9-14/h2-11,13,19,21,25,27,33H,12H2,1H3,(H,29,31)(H2,24,26,28,30,32). The molecule has 0 bridgehead atoms. The molecule has 0 radical (unpaired) electrons. The van der Waals surface area contributed by atoms with Crippen LogP contribution in [-0.4, -0.2) is 45.4 Å². The maximum absolute atomic E-state index is 6.18. The first-order valence-corrected chi connectivity index (χ1v) is 11.1. The Hall–Kier alpha value is -3.18. The number of nitrogens with zero attached hydrogens (tertiary/aromatic N) is 4. The van der Waals surface area contributed by atoms with Gasteiger partial charge in [-0.05, 0) is 54.4 Å². The zero-order chi connectivity index (χ0) is 23.0. The monoisotopic (exact) mass is 486 g/mol. The molecule has 1 aliphatic rings. The molecule has 10 nitrogen and oxygen atoms in total. The molecule has 0 spiro atoms. The van der Waals surface area contributed by atoms with Gasteiger partial charge in [0.2, 0.25) is 17.2 Å². The van der Waals surface area contributed by atoms with Gasteiger partial charge in [0, 0.05) is 24.0 Å². The largest absolute Gasteiger partial charge is 0.352 e. The van der Waals surface area contributed by atoms with Crippen molar-refractivity contribution in [3.05, 3.63) is 65.9 Å². The molecule has 4 rings (SSSR count). The van der Waals surface area contributed by atoms with Crippen molar-refractivity contribution in [3.63, 3.8) is 0 Å². The third-order valence-electron chi connectivity index (χ3n) is 4.56. The second-order valence-corrected chi connectivity index (χ2v) is 7.96. The van der Waals surface area contributed by atoms with Gasteiger partial charge < -0.3 is 21.3 Å². The van der Waals surface area contributed by atoms with Crippen LogP contribution < -0.4 is 31.9 Å². The number of aromatic nitrogens is 3. The highest BCUT2D eigenvalue weighted by Gasteiger charge is 2.22. The Kier molecular flexibility index (Phi) is 7.74. The van der Waals surface area contributed by atoms with Crippen molar-refractivity contribution in [2.45, 2.75) is 25.5 Å². The van der Waals surface area contributed by atoms with E-state index in [4.69, 9.17) is 23.2 Å². The number of hydrogen-bond acceptors (Lipinski definition) is 10. The normalized spacial score (nSPS) is 18.6. The highest BCUT2D eigenvalue weighted by Crippen LogP contribution is 2.15. The summed E-state index contributed by atoms with van der Waals surface area (Å²) >= 11 is 12.3. The van der Waals surface area contributed by atoms with Gasteiger partial charge in [0.05, 0.1) is 0 Å². The maximum atomic E-state index is 6.18. The van der Waals surface area contributed by atoms with Crippen molar-refractivity contribution < 1.29 is 0 Å². The van der Waals surface area contributed by atoms with Crippen molar-refractivity contribution >= 4 is 51.8 Å². The number of rotatable bonds is 9. The van der Waals surface area contributed by atoms with Crippen molar-refractivity contribution in [1.82, 2.24) is 30.9 Å². The summed E-state index contributed by atoms with van der Waals surface area (Å²) in [5, 5.41) is 19.7. The third-order valence-corrected chi connectivity index (χ3v) is 4.94. The molecule has 2 aromatic carbocycles. The van der Waals surface area contributed by atoms with E-state index in [0.717, 1.165) is 11.4 Å². The molecular weight excluding hydrogens is 463 g/mol. The van der Waals surface area contributed by atoms with Gasteiger partial charge in [-0.1, -0.05) is 36.4 Å². The highest BCUT2D eigenvalue weighted by molar-refractivity contribution is 6.64. The van der Waals surface area contributed by atoms with Crippen LogP contribution in [0.4, 0.5) is 23.3 Å². The molecule has 0 saturated carbocycles. The molecule has 3 aromatic rings. The van der Waals surface area contributed by atoms with Crippen LogP contribution in [-0.2, 0) is 0 Å². The lowest BCUT2D eigenvalue weighted by Gasteiger charge is -2.32. The second-order valence-electron chi connectivity index (χ2n) is 7.27. The van der Waals surface area contributed by atoms with Gasteiger partial charge in [0.1, 0.15) is 6.29 Å². The Morgan fingerprint density at radius 3 is 2.30 bits per heavy atom. The Morgan fingerprint density at radius 1 is 0.909 bits per heavy atom. The van der Waals surface area contributed by atoms with E-state index >= 15 is 0 Å². The summed E-state index contributed by atoms with van der Waals surface area (Å²) in [6.45, 7) is 2.54. The fraction of sp³-hybridized carbons (Fsp3) is 0.238. The minimum atomic E-state index is -0.382. The zero-order valence-corrected chi connectivity index (χ0v) is 19.3. The van der Waals surface area contributed by atoms with E-state index in [9.17, 15) is 0 Å². The van der Waals surface area contributed by atoms with Gasteiger partial charge in [-0.2, -0.15) is 15.0 Å². The van der Waals surface area contributed by atoms with Crippen molar-refractivity contribution in [2.24, 2.45) is 4.99 Å². The highest BCUT2D eigenvalue weighted by atomic mass is 35.5. The number of aliphatic imine (C=N–C) groups is 1. The number of halogens is 2. The van der Waals surface area contributed by atoms with E-state index in [1.807, 2.05) is 67.6 Å². The van der Waals surface area contributed by atoms with Gasteiger partial charge in [-0.3, -0.25) is 5.32 Å². The number of anilines is 4. The van der Waals surface area contributed by atoms with E-state index in [-0.39, 0.29) is 23.9 Å². The van der Waals surface area contributed by atoms with Gasteiger partial charge in [0.15, 0.2) is 11.6 Å². The van der Waals surface area contributed by atoms with Gasteiger partial charge in [0.25, 0.3) is 0 Å². The smallest absolute Gasteiger partial charge is 0.233 e. The number of para-hydroxylation sites is 2.